The molecule has 3 rings (SSSR count). The van der Waals surface area contributed by atoms with Crippen molar-refractivity contribution in [2.45, 2.75) is 26.8 Å². The smallest absolute Gasteiger partial charge is 0.355 e. The molecule has 10 heteroatoms. The van der Waals surface area contributed by atoms with Crippen LogP contribution < -0.4 is 9.47 Å². The number of carbonyl (C=O) groups excluding carboxylic acids is 3. The van der Waals surface area contributed by atoms with Crippen LogP contribution in [0.15, 0.2) is 23.8 Å². The number of benzene rings is 1. The molecule has 1 aromatic carbocycles. The molecule has 0 radical (unpaired) electrons. The highest BCUT2D eigenvalue weighted by Crippen LogP contribution is 2.46. The second kappa shape index (κ2) is 10.9. The summed E-state index contributed by atoms with van der Waals surface area (Å²) in [5, 5.41) is 11.5. The van der Waals surface area contributed by atoms with Crippen molar-refractivity contribution < 1.29 is 33.7 Å². The van der Waals surface area contributed by atoms with Crippen LogP contribution in [0.1, 0.15) is 45.8 Å². The molecule has 1 aliphatic rings. The number of nitrogens with zero attached hydrogens (tertiary/aromatic N) is 2. The number of H-pyrrole nitrogens is 1. The molecule has 1 atom stereocenters. The molecule has 2 aromatic rings. The number of carbonyl (C=O) groups is 3. The van der Waals surface area contributed by atoms with Gasteiger partial charge in [-0.05, 0) is 46.5 Å². The molecule has 1 fully saturated rings. The van der Waals surface area contributed by atoms with E-state index in [1.807, 2.05) is 19.0 Å². The number of likely N-dealkylation sites (N-methyl/N-ethyl adjacent to an activating group) is 1. The Morgan fingerprint density at radius 1 is 1.17 bits per heavy atom. The van der Waals surface area contributed by atoms with E-state index in [1.54, 1.807) is 39.0 Å². The highest BCUT2D eigenvalue weighted by molar-refractivity contribution is 6.46. The molecule has 10 nitrogen and oxygen atoms in total. The van der Waals surface area contributed by atoms with Crippen molar-refractivity contribution in [1.82, 2.24) is 14.8 Å². The van der Waals surface area contributed by atoms with Gasteiger partial charge in [-0.2, -0.15) is 0 Å². The van der Waals surface area contributed by atoms with E-state index in [0.717, 1.165) is 0 Å². The van der Waals surface area contributed by atoms with Crippen LogP contribution in [0.4, 0.5) is 0 Å². The first-order chi connectivity index (χ1) is 17.1. The summed E-state index contributed by atoms with van der Waals surface area (Å²) < 4.78 is 16.2. The topological polar surface area (TPSA) is 121 Å². The number of amides is 1. The highest BCUT2D eigenvalue weighted by atomic mass is 16.5. The molecule has 194 valence electrons. The fourth-order valence-corrected chi connectivity index (χ4v) is 4.52. The van der Waals surface area contributed by atoms with Gasteiger partial charge in [0.05, 0.1) is 32.4 Å². The van der Waals surface area contributed by atoms with E-state index in [4.69, 9.17) is 14.2 Å². The van der Waals surface area contributed by atoms with Gasteiger partial charge in [0.2, 0.25) is 0 Å². The number of aromatic nitrogens is 1. The number of ether oxygens (including phenoxy) is 3. The van der Waals surface area contributed by atoms with Gasteiger partial charge in [-0.25, -0.2) is 4.79 Å². The largest absolute Gasteiger partial charge is 0.507 e. The van der Waals surface area contributed by atoms with Crippen LogP contribution >= 0.6 is 0 Å². The SMILES string of the molecule is CCOC(=O)c1[nH]c(C)c(C(O)=C2C(=O)C(=O)N(CCN(C)C)[C@@H]2c2cccc(OC)c2OC)c1C. The summed E-state index contributed by atoms with van der Waals surface area (Å²) in [6, 6.07) is 4.23. The lowest BCUT2D eigenvalue weighted by Crippen LogP contribution is -2.35. The van der Waals surface area contributed by atoms with Crippen LogP contribution in [0.3, 0.4) is 0 Å². The summed E-state index contributed by atoms with van der Waals surface area (Å²) in [5.41, 5.74) is 1.73. The number of aliphatic hydroxyl groups excluding tert-OH is 1. The zero-order valence-corrected chi connectivity index (χ0v) is 21.7. The van der Waals surface area contributed by atoms with E-state index in [1.165, 1.54) is 19.1 Å². The number of likely N-dealkylation sites (tertiary alicyclic amines) is 1. The van der Waals surface area contributed by atoms with E-state index in [0.29, 0.717) is 34.9 Å². The number of aromatic amines is 1. The summed E-state index contributed by atoms with van der Waals surface area (Å²) in [7, 11) is 6.69. The Morgan fingerprint density at radius 3 is 2.44 bits per heavy atom. The average Bonchev–Trinajstić information content (AvgIpc) is 3.28. The molecule has 2 N–H and O–H groups in total. The zero-order chi connectivity index (χ0) is 26.7. The predicted octanol–water partition coefficient (Wildman–Crippen LogP) is 2.81. The second-order valence-corrected chi connectivity index (χ2v) is 8.72. The number of para-hydroxylation sites is 1. The van der Waals surface area contributed by atoms with Crippen molar-refractivity contribution in [3.05, 3.63) is 51.9 Å². The Kier molecular flexibility index (Phi) is 8.09. The van der Waals surface area contributed by atoms with Gasteiger partial charge in [0.25, 0.3) is 11.7 Å². The number of esters is 1. The summed E-state index contributed by atoms with van der Waals surface area (Å²) >= 11 is 0. The van der Waals surface area contributed by atoms with Crippen LogP contribution in [0.5, 0.6) is 11.5 Å². The first kappa shape index (κ1) is 26.8. The third-order valence-corrected chi connectivity index (χ3v) is 6.21. The van der Waals surface area contributed by atoms with Gasteiger partial charge in [-0.3, -0.25) is 9.59 Å². The minimum absolute atomic E-state index is 0.0917. The van der Waals surface area contributed by atoms with E-state index >= 15 is 0 Å². The molecule has 0 unspecified atom stereocenters. The van der Waals surface area contributed by atoms with Crippen LogP contribution in [0.25, 0.3) is 5.76 Å². The zero-order valence-electron chi connectivity index (χ0n) is 21.7. The van der Waals surface area contributed by atoms with Gasteiger partial charge in [-0.15, -0.1) is 0 Å². The third-order valence-electron chi connectivity index (χ3n) is 6.21. The lowest BCUT2D eigenvalue weighted by Gasteiger charge is -2.28. The van der Waals surface area contributed by atoms with E-state index < -0.39 is 23.7 Å². The number of methoxy groups -OCH3 is 2. The van der Waals surface area contributed by atoms with Gasteiger partial charge in [0, 0.05) is 29.9 Å². The number of rotatable bonds is 9. The maximum absolute atomic E-state index is 13.4. The van der Waals surface area contributed by atoms with Gasteiger partial charge in [0.1, 0.15) is 11.5 Å². The van der Waals surface area contributed by atoms with Gasteiger partial charge in [-0.1, -0.05) is 12.1 Å². The maximum atomic E-state index is 13.4. The number of aryl methyl sites for hydroxylation is 1. The number of aliphatic hydroxyl groups is 1. The number of ketones is 1. The predicted molar refractivity (Wildman–Crippen MR) is 133 cm³/mol. The highest BCUT2D eigenvalue weighted by Gasteiger charge is 2.47. The number of hydrogen-bond donors (Lipinski definition) is 2. The number of hydrogen-bond acceptors (Lipinski definition) is 8. The van der Waals surface area contributed by atoms with Crippen LogP contribution in [0.2, 0.25) is 0 Å². The molecule has 36 heavy (non-hydrogen) atoms. The van der Waals surface area contributed by atoms with Crippen molar-refractivity contribution in [2.75, 3.05) is 48.0 Å². The average molecular weight is 500 g/mol. The Bertz CT molecular complexity index is 1210. The fraction of sp³-hybridized carbons (Fsp3) is 0.423. The van der Waals surface area contributed by atoms with E-state index in [-0.39, 0.29) is 35.7 Å². The van der Waals surface area contributed by atoms with Crippen LogP contribution in [-0.2, 0) is 14.3 Å². The molecule has 2 heterocycles. The van der Waals surface area contributed by atoms with E-state index in [2.05, 4.69) is 4.98 Å². The summed E-state index contributed by atoms with van der Waals surface area (Å²) in [4.78, 5) is 45.3. The maximum Gasteiger partial charge on any atom is 0.355 e. The monoisotopic (exact) mass is 499 g/mol. The van der Waals surface area contributed by atoms with Crippen molar-refractivity contribution in [3.63, 3.8) is 0 Å². The Morgan fingerprint density at radius 2 is 1.86 bits per heavy atom. The molecule has 0 aliphatic carbocycles. The van der Waals surface area contributed by atoms with E-state index in [9.17, 15) is 19.5 Å². The molecule has 1 saturated heterocycles. The molecule has 1 aromatic heterocycles. The van der Waals surface area contributed by atoms with Gasteiger partial charge in [0.15, 0.2) is 11.5 Å². The van der Waals surface area contributed by atoms with Crippen LogP contribution in [0, 0.1) is 13.8 Å². The lowest BCUT2D eigenvalue weighted by atomic mass is 9.93. The first-order valence-corrected chi connectivity index (χ1v) is 11.6. The normalized spacial score (nSPS) is 17.1. The summed E-state index contributed by atoms with van der Waals surface area (Å²) in [6.07, 6.45) is 0. The van der Waals surface area contributed by atoms with Crippen LogP contribution in [-0.4, -0.2) is 85.6 Å². The molecule has 0 bridgehead atoms. The fourth-order valence-electron chi connectivity index (χ4n) is 4.52. The number of Topliss-reactive ketones (excluding diaryl/α,β-unsaturated/α-hetero) is 1. The molecular weight excluding hydrogens is 466 g/mol. The third kappa shape index (κ3) is 4.68. The molecule has 1 aliphatic heterocycles. The first-order valence-electron chi connectivity index (χ1n) is 11.6. The minimum Gasteiger partial charge on any atom is -0.507 e. The van der Waals surface area contributed by atoms with Gasteiger partial charge >= 0.3 is 5.97 Å². The van der Waals surface area contributed by atoms with Crippen molar-refractivity contribution in [2.24, 2.45) is 0 Å². The molecule has 0 spiro atoms. The minimum atomic E-state index is -0.935. The molecular formula is C26H33N3O7. The second-order valence-electron chi connectivity index (χ2n) is 8.72. The van der Waals surface area contributed by atoms with Crippen molar-refractivity contribution >= 4 is 23.4 Å². The standard InChI is InChI=1S/C26H33N3O7/c1-8-36-26(33)20-14(2)18(15(3)27-20)22(30)19-21(16-10-9-11-17(34-6)24(16)35-7)29(13-12-28(4)5)25(32)23(19)31/h9-11,21,27,30H,8,12-13H2,1-7H3/t21-/m1/s1. The Hall–Kier alpha value is -3.79. The lowest BCUT2D eigenvalue weighted by molar-refractivity contribution is -0.140. The Labute approximate surface area is 210 Å². The Balaban J connectivity index is 2.29. The van der Waals surface area contributed by atoms with Gasteiger partial charge < -0.3 is 34.1 Å². The van der Waals surface area contributed by atoms with Crippen molar-refractivity contribution in [1.29, 1.82) is 0 Å². The molecule has 0 saturated carbocycles. The quantitative estimate of drug-likeness (QED) is 0.234. The number of nitrogens with one attached hydrogen (secondary N) is 1. The molecule has 1 amide bonds. The summed E-state index contributed by atoms with van der Waals surface area (Å²) in [6.45, 7) is 5.93. The van der Waals surface area contributed by atoms with Crippen molar-refractivity contribution in [3.8, 4) is 11.5 Å². The summed E-state index contributed by atoms with van der Waals surface area (Å²) in [5.74, 6) is -1.73.